The second-order valence-corrected chi connectivity index (χ2v) is 11.9. The van der Waals surface area contributed by atoms with Crippen molar-refractivity contribution in [1.29, 1.82) is 0 Å². The second kappa shape index (κ2) is 12.0. The molecule has 11 heteroatoms. The van der Waals surface area contributed by atoms with Crippen molar-refractivity contribution in [3.63, 3.8) is 0 Å². The van der Waals surface area contributed by atoms with Crippen molar-refractivity contribution < 1.29 is 38.8 Å². The first-order valence-electron chi connectivity index (χ1n) is 14.7. The molecular weight excluding hydrogens is 580 g/mol. The summed E-state index contributed by atoms with van der Waals surface area (Å²) >= 11 is 0. The van der Waals surface area contributed by atoms with Gasteiger partial charge in [0.1, 0.15) is 25.5 Å². The summed E-state index contributed by atoms with van der Waals surface area (Å²) in [6.07, 6.45) is 2.72. The van der Waals surface area contributed by atoms with Crippen molar-refractivity contribution >= 4 is 34.7 Å². The normalized spacial score (nSPS) is 18.2. The molecule has 0 bridgehead atoms. The molecule has 236 valence electrons. The van der Waals surface area contributed by atoms with Gasteiger partial charge in [-0.05, 0) is 85.9 Å². The van der Waals surface area contributed by atoms with Crippen LogP contribution >= 0.6 is 0 Å². The Morgan fingerprint density at radius 3 is 2.69 bits per heavy atom. The molecule has 0 radical (unpaired) electrons. The fourth-order valence-electron chi connectivity index (χ4n) is 5.93. The molecule has 3 N–H and O–H groups in total. The number of rotatable bonds is 10. The van der Waals surface area contributed by atoms with E-state index in [0.29, 0.717) is 18.5 Å². The van der Waals surface area contributed by atoms with Gasteiger partial charge in [-0.2, -0.15) is 0 Å². The van der Waals surface area contributed by atoms with Crippen molar-refractivity contribution in [2.45, 2.75) is 64.9 Å². The lowest BCUT2D eigenvalue weighted by Gasteiger charge is -2.36. The summed E-state index contributed by atoms with van der Waals surface area (Å²) in [5.41, 5.74) is 3.48. The molecule has 1 aromatic heterocycles. The zero-order valence-electron chi connectivity index (χ0n) is 25.7. The second-order valence-electron chi connectivity index (χ2n) is 11.9. The van der Waals surface area contributed by atoms with E-state index in [1.54, 1.807) is 48.8 Å². The van der Waals surface area contributed by atoms with Crippen LogP contribution in [-0.4, -0.2) is 58.0 Å². The van der Waals surface area contributed by atoms with Crippen LogP contribution in [0.3, 0.4) is 0 Å². The van der Waals surface area contributed by atoms with Crippen LogP contribution in [-0.2, 0) is 47.3 Å². The summed E-state index contributed by atoms with van der Waals surface area (Å²) in [7, 11) is 0. The summed E-state index contributed by atoms with van der Waals surface area (Å²) in [6.45, 7) is 9.75. The number of aromatic hydroxyl groups is 1. The number of phenolic OH excluding ortho intramolecular Hbond substituents is 1. The number of cyclic esters (lactones) is 1. The minimum absolute atomic E-state index is 0.113. The Balaban J connectivity index is 1.51. The number of amides is 1. The predicted molar refractivity (Wildman–Crippen MR) is 164 cm³/mol. The lowest BCUT2D eigenvalue weighted by molar-refractivity contribution is -0.183. The number of nitrogens with one attached hydrogen (secondary N) is 1. The van der Waals surface area contributed by atoms with Gasteiger partial charge in [0.05, 0.1) is 23.4 Å². The highest BCUT2D eigenvalue weighted by atomic mass is 16.6. The summed E-state index contributed by atoms with van der Waals surface area (Å²) in [6, 6.07) is 6.71. The van der Waals surface area contributed by atoms with E-state index < -0.39 is 41.2 Å². The maximum atomic E-state index is 14.0. The Bertz CT molecular complexity index is 1890. The topological polar surface area (TPSA) is 153 Å². The molecule has 11 nitrogen and oxygen atoms in total. The Kier molecular flexibility index (Phi) is 8.46. The van der Waals surface area contributed by atoms with E-state index >= 15 is 0 Å². The number of aliphatic hydroxyl groups excluding tert-OH is 1. The molecule has 3 heterocycles. The number of pyridine rings is 1. The summed E-state index contributed by atoms with van der Waals surface area (Å²) < 4.78 is 18.3. The number of carbonyl (C=O) groups excluding carboxylic acids is 3. The van der Waals surface area contributed by atoms with E-state index in [1.165, 1.54) is 6.92 Å². The fourth-order valence-corrected chi connectivity index (χ4v) is 5.93. The van der Waals surface area contributed by atoms with E-state index in [1.807, 2.05) is 6.92 Å². The molecule has 1 aliphatic carbocycles. The maximum Gasteiger partial charge on any atom is 0.360 e. The predicted octanol–water partition coefficient (Wildman–Crippen LogP) is 1.20. The van der Waals surface area contributed by atoms with Crippen LogP contribution < -0.4 is 21.3 Å². The van der Waals surface area contributed by atoms with Crippen LogP contribution in [0.1, 0.15) is 57.4 Å². The molecule has 45 heavy (non-hydrogen) atoms. The first-order chi connectivity index (χ1) is 21.3. The number of benzene rings is 1. The minimum atomic E-state index is -2.13. The van der Waals surface area contributed by atoms with Gasteiger partial charge in [-0.15, -0.1) is 5.73 Å². The molecule has 0 spiro atoms. The van der Waals surface area contributed by atoms with Gasteiger partial charge in [-0.3, -0.25) is 14.4 Å². The number of aromatic nitrogens is 1. The third-order valence-corrected chi connectivity index (χ3v) is 8.36. The molecule has 2 aliphatic heterocycles. The van der Waals surface area contributed by atoms with Crippen LogP contribution in [0.25, 0.3) is 16.9 Å². The molecule has 1 atom stereocenters. The number of nitrogens with zero attached hydrogens (tertiary/aromatic N) is 1. The van der Waals surface area contributed by atoms with Gasteiger partial charge in [0.2, 0.25) is 5.91 Å². The molecule has 1 amide bonds. The zero-order valence-corrected chi connectivity index (χ0v) is 25.7. The summed E-state index contributed by atoms with van der Waals surface area (Å²) in [5.74, 6) is -2.34. The molecule has 0 saturated heterocycles. The van der Waals surface area contributed by atoms with Crippen molar-refractivity contribution in [3.05, 3.63) is 85.7 Å². The smallest absolute Gasteiger partial charge is 0.360 e. The molecule has 0 fully saturated rings. The Labute approximate surface area is 259 Å². The van der Waals surface area contributed by atoms with Crippen molar-refractivity contribution in [2.24, 2.45) is 0 Å². The van der Waals surface area contributed by atoms with Gasteiger partial charge >= 0.3 is 11.9 Å². The number of fused-ring (bicyclic) bond motifs is 4. The number of aliphatic hydroxyl groups is 1. The third-order valence-electron chi connectivity index (χ3n) is 8.36. The van der Waals surface area contributed by atoms with E-state index in [-0.39, 0.29) is 48.8 Å². The summed E-state index contributed by atoms with van der Waals surface area (Å²) in [5, 5.41) is 23.4. The largest absolute Gasteiger partial charge is 0.508 e. The number of phenols is 1. The van der Waals surface area contributed by atoms with Crippen LogP contribution in [0.4, 0.5) is 0 Å². The number of carbonyl (C=O) groups is 3. The number of hydrogen-bond donors (Lipinski definition) is 3. The maximum absolute atomic E-state index is 14.0. The van der Waals surface area contributed by atoms with Crippen LogP contribution in [0, 0.1) is 0 Å². The van der Waals surface area contributed by atoms with Gasteiger partial charge in [-0.1, -0.05) is 13.5 Å². The first-order valence-corrected chi connectivity index (χ1v) is 14.7. The molecule has 2 aromatic rings. The fraction of sp³-hybridized carbons (Fsp3) is 0.382. The van der Waals surface area contributed by atoms with Crippen LogP contribution in [0.15, 0.2) is 52.9 Å². The average Bonchev–Trinajstić information content (AvgIpc) is 3.27. The van der Waals surface area contributed by atoms with Gasteiger partial charge in [-0.25, -0.2) is 4.79 Å². The molecule has 1 unspecified atom stereocenters. The molecule has 0 saturated carbocycles. The standard InChI is InChI=1S/C34H36N2O9/c1-6-22-24-13-21(38)9-7-20(24)8-10-23-25(22)16-36-28(23)14-27-26(31(36)41)17-43-32(42)34(27,19(2)3)45-30(40)15-35-29(39)18-44-33(4,5)11-12-37/h7,9-10,13-14,37-38H,2,6,11-12,15-18H2,1,3-5H3,(H,35,39). The highest BCUT2D eigenvalue weighted by Gasteiger charge is 2.52. The van der Waals surface area contributed by atoms with E-state index in [9.17, 15) is 24.3 Å². The molecule has 5 rings (SSSR count). The molecule has 3 aliphatic rings. The first kappa shape index (κ1) is 31.7. The highest BCUT2D eigenvalue weighted by molar-refractivity contribution is 5.94. The van der Waals surface area contributed by atoms with Gasteiger partial charge < -0.3 is 34.3 Å². The van der Waals surface area contributed by atoms with Gasteiger partial charge in [0.25, 0.3) is 11.2 Å². The Morgan fingerprint density at radius 1 is 1.24 bits per heavy atom. The van der Waals surface area contributed by atoms with Crippen LogP contribution in [0.2, 0.25) is 0 Å². The van der Waals surface area contributed by atoms with E-state index in [0.717, 1.165) is 27.2 Å². The zero-order chi connectivity index (χ0) is 32.7. The lowest BCUT2D eigenvalue weighted by atomic mass is 9.82. The number of ether oxygens (including phenoxy) is 3. The SMILES string of the molecule is C=C(C)C1(OC(=O)CNC(=O)COC(C)(C)CCO)C(=O)OCc2c1cc1n(c2=O)CC2=C1C=C=c1ccc(O)cc1=C2CC. The van der Waals surface area contributed by atoms with Gasteiger partial charge in [0.15, 0.2) is 0 Å². The summed E-state index contributed by atoms with van der Waals surface area (Å²) in [4.78, 5) is 52.9. The molecular formula is C34H36N2O9. The van der Waals surface area contributed by atoms with E-state index in [2.05, 4.69) is 17.6 Å². The number of allylic oxidation sites excluding steroid dienone is 3. The van der Waals surface area contributed by atoms with Crippen molar-refractivity contribution in [1.82, 2.24) is 9.88 Å². The monoisotopic (exact) mass is 616 g/mol. The third kappa shape index (κ3) is 5.66. The quantitative estimate of drug-likeness (QED) is 0.264. The van der Waals surface area contributed by atoms with Crippen molar-refractivity contribution in [3.8, 4) is 5.75 Å². The van der Waals surface area contributed by atoms with E-state index in [4.69, 9.17) is 19.3 Å². The Hall–Kier alpha value is -4.70. The minimum Gasteiger partial charge on any atom is -0.508 e. The van der Waals surface area contributed by atoms with Crippen LogP contribution in [0.5, 0.6) is 5.75 Å². The van der Waals surface area contributed by atoms with Crippen molar-refractivity contribution in [2.75, 3.05) is 19.8 Å². The average molecular weight is 617 g/mol. The molecule has 1 aromatic carbocycles. The number of hydrogen-bond acceptors (Lipinski definition) is 9. The van der Waals surface area contributed by atoms with Gasteiger partial charge in [0, 0.05) is 23.0 Å². The number of esters is 2. The lowest BCUT2D eigenvalue weighted by Crippen LogP contribution is -2.50. The Morgan fingerprint density at radius 2 is 2.00 bits per heavy atom. The highest BCUT2D eigenvalue weighted by Crippen LogP contribution is 2.42.